The first-order chi connectivity index (χ1) is 31.1. The molecular formula is C58H86O6. The zero-order valence-electron chi connectivity index (χ0n) is 40.4. The second kappa shape index (κ2) is 21.8. The largest absolute Gasteiger partial charge is 0.508 e. The third-order valence-electron chi connectivity index (χ3n) is 18.9. The van der Waals surface area contributed by atoms with Crippen LogP contribution in [0.25, 0.3) is 0 Å². The van der Waals surface area contributed by atoms with Gasteiger partial charge >= 0.3 is 11.9 Å². The van der Waals surface area contributed by atoms with Crippen LogP contribution in [0.1, 0.15) is 235 Å². The zero-order chi connectivity index (χ0) is 44.7. The number of fused-ring (bicyclic) bond motifs is 10. The summed E-state index contributed by atoms with van der Waals surface area (Å²) in [5.41, 5.74) is 5.79. The van der Waals surface area contributed by atoms with Crippen molar-refractivity contribution >= 4 is 11.9 Å². The second-order valence-corrected chi connectivity index (χ2v) is 22.7. The van der Waals surface area contributed by atoms with Crippen LogP contribution < -0.4 is 4.74 Å². The molecular weight excluding hydrogens is 793 g/mol. The number of phenols is 1. The molecule has 0 saturated heterocycles. The molecule has 2 aromatic rings. The van der Waals surface area contributed by atoms with E-state index in [-0.39, 0.29) is 35.0 Å². The topological polar surface area (TPSA) is 93.1 Å². The summed E-state index contributed by atoms with van der Waals surface area (Å²) in [7, 11) is 0. The number of unbranched alkanes of at least 4 members (excludes halogenated alkanes) is 14. The smallest absolute Gasteiger partial charge is 0.311 e. The number of hydrogen-bond acceptors (Lipinski definition) is 6. The third-order valence-corrected chi connectivity index (χ3v) is 18.9. The van der Waals surface area contributed by atoms with Gasteiger partial charge in [0.05, 0.1) is 6.10 Å². The number of hydrogen-bond donors (Lipinski definition) is 2. The fourth-order valence-corrected chi connectivity index (χ4v) is 15.4. The third kappa shape index (κ3) is 10.6. The van der Waals surface area contributed by atoms with Crippen molar-refractivity contribution in [1.82, 2.24) is 0 Å². The van der Waals surface area contributed by atoms with E-state index in [0.717, 1.165) is 77.0 Å². The van der Waals surface area contributed by atoms with Crippen molar-refractivity contribution in [2.45, 2.75) is 237 Å². The van der Waals surface area contributed by atoms with Crippen LogP contribution in [0.5, 0.6) is 11.5 Å². The molecule has 3 unspecified atom stereocenters. The molecule has 0 aromatic heterocycles. The molecule has 6 nitrogen and oxygen atoms in total. The van der Waals surface area contributed by atoms with Crippen LogP contribution in [-0.4, -0.2) is 34.4 Å². The van der Waals surface area contributed by atoms with Gasteiger partial charge in [-0.2, -0.15) is 0 Å². The van der Waals surface area contributed by atoms with Gasteiger partial charge in [0.25, 0.3) is 0 Å². The molecule has 0 bridgehead atoms. The van der Waals surface area contributed by atoms with E-state index in [4.69, 9.17) is 9.47 Å². The minimum Gasteiger partial charge on any atom is -0.508 e. The number of carbonyl (C=O) groups excluding carboxylic acids is 2. The van der Waals surface area contributed by atoms with E-state index in [1.807, 2.05) is 18.2 Å². The summed E-state index contributed by atoms with van der Waals surface area (Å²) in [4.78, 5) is 25.9. The molecule has 2 N–H and O–H groups in total. The number of esters is 2. The summed E-state index contributed by atoms with van der Waals surface area (Å²) in [5, 5.41) is 21.4. The lowest BCUT2D eigenvalue weighted by atomic mass is 9.53. The van der Waals surface area contributed by atoms with E-state index in [1.54, 1.807) is 0 Å². The van der Waals surface area contributed by atoms with Crippen LogP contribution in [0.15, 0.2) is 36.4 Å². The van der Waals surface area contributed by atoms with Crippen molar-refractivity contribution in [2.24, 2.45) is 40.4 Å². The summed E-state index contributed by atoms with van der Waals surface area (Å²) in [6.45, 7) is 7.07. The van der Waals surface area contributed by atoms with Crippen molar-refractivity contribution in [3.8, 4) is 11.5 Å². The van der Waals surface area contributed by atoms with E-state index >= 15 is 0 Å². The molecule has 0 radical (unpaired) electrons. The Labute approximate surface area is 387 Å². The maximum Gasteiger partial charge on any atom is 0.311 e. The Morgan fingerprint density at radius 1 is 0.641 bits per heavy atom. The minimum absolute atomic E-state index is 0.0245. The Morgan fingerprint density at radius 3 is 1.92 bits per heavy atom. The SMILES string of the molecule is CCCCCCCCCCC(=O)OC1CC[C@H]2[C@@H]3CCc4cc(OC(=O)CCCCCCCCCCC5CC(O)[C@@]6(C)CC[C@@H]7c8ccc(O)cc8CC[C@H]7[C@H]56)ccc4[C@H]3CC[C@]12C. The van der Waals surface area contributed by atoms with Crippen LogP contribution in [0.3, 0.4) is 0 Å². The molecule has 4 saturated carbocycles. The first kappa shape index (κ1) is 47.6. The number of benzene rings is 2. The molecule has 0 spiro atoms. The van der Waals surface area contributed by atoms with Gasteiger partial charge in [-0.25, -0.2) is 0 Å². The molecule has 0 amide bonds. The lowest BCUT2D eigenvalue weighted by molar-refractivity contribution is -0.157. The Kier molecular flexibility index (Phi) is 16.3. The molecule has 0 aliphatic heterocycles. The van der Waals surface area contributed by atoms with Gasteiger partial charge in [0.2, 0.25) is 0 Å². The fourth-order valence-electron chi connectivity index (χ4n) is 15.4. The van der Waals surface area contributed by atoms with Gasteiger partial charge in [-0.15, -0.1) is 0 Å². The van der Waals surface area contributed by atoms with Gasteiger partial charge < -0.3 is 19.7 Å². The molecule has 6 aliphatic rings. The average Bonchev–Trinajstić information content (AvgIpc) is 3.75. The molecule has 354 valence electrons. The minimum atomic E-state index is -0.168. The number of aromatic hydroxyl groups is 1. The second-order valence-electron chi connectivity index (χ2n) is 22.7. The Morgan fingerprint density at radius 2 is 1.22 bits per heavy atom. The van der Waals surface area contributed by atoms with Crippen LogP contribution in [0.2, 0.25) is 0 Å². The van der Waals surface area contributed by atoms with Crippen LogP contribution in [0.4, 0.5) is 0 Å². The molecule has 0 heterocycles. The van der Waals surface area contributed by atoms with Gasteiger partial charge in [-0.05, 0) is 177 Å². The van der Waals surface area contributed by atoms with E-state index in [0.29, 0.717) is 65.8 Å². The molecule has 2 aromatic carbocycles. The van der Waals surface area contributed by atoms with Crippen molar-refractivity contribution in [3.63, 3.8) is 0 Å². The van der Waals surface area contributed by atoms with Crippen molar-refractivity contribution in [3.05, 3.63) is 58.7 Å². The van der Waals surface area contributed by atoms with Gasteiger partial charge in [0, 0.05) is 18.3 Å². The Hall–Kier alpha value is -2.86. The first-order valence-corrected chi connectivity index (χ1v) is 27.1. The van der Waals surface area contributed by atoms with Gasteiger partial charge in [-0.3, -0.25) is 9.59 Å². The van der Waals surface area contributed by atoms with Crippen molar-refractivity contribution in [1.29, 1.82) is 0 Å². The quantitative estimate of drug-likeness (QED) is 0.0695. The van der Waals surface area contributed by atoms with E-state index in [1.165, 1.54) is 125 Å². The number of aryl methyl sites for hydroxylation is 2. The lowest BCUT2D eigenvalue weighted by Gasteiger charge is -2.51. The number of aliphatic hydroxyl groups is 1. The Balaban J connectivity index is 0.692. The lowest BCUT2D eigenvalue weighted by Crippen LogP contribution is -2.45. The molecule has 6 heteroatoms. The number of carbonyl (C=O) groups is 2. The molecule has 11 atom stereocenters. The van der Waals surface area contributed by atoms with Crippen molar-refractivity contribution in [2.75, 3.05) is 0 Å². The Bertz CT molecular complexity index is 1850. The molecule has 64 heavy (non-hydrogen) atoms. The number of rotatable bonds is 22. The highest BCUT2D eigenvalue weighted by molar-refractivity contribution is 5.72. The van der Waals surface area contributed by atoms with Crippen LogP contribution in [0, 0.1) is 40.4 Å². The molecule has 4 fully saturated rings. The summed E-state index contributed by atoms with van der Waals surface area (Å²) in [5.74, 6) is 5.29. The van der Waals surface area contributed by atoms with E-state index in [2.05, 4.69) is 39.0 Å². The summed E-state index contributed by atoms with van der Waals surface area (Å²) in [6.07, 6.45) is 33.7. The van der Waals surface area contributed by atoms with Gasteiger partial charge in [-0.1, -0.05) is 129 Å². The van der Waals surface area contributed by atoms with Crippen molar-refractivity contribution < 1.29 is 29.3 Å². The predicted octanol–water partition coefficient (Wildman–Crippen LogP) is 14.6. The van der Waals surface area contributed by atoms with Gasteiger partial charge in [0.15, 0.2) is 0 Å². The average molecular weight is 879 g/mol. The maximum atomic E-state index is 12.9. The number of phenolic OH excluding ortho intramolecular Hbond substituents is 1. The predicted molar refractivity (Wildman–Crippen MR) is 258 cm³/mol. The zero-order valence-corrected chi connectivity index (χ0v) is 40.4. The monoisotopic (exact) mass is 879 g/mol. The molecule has 6 aliphatic carbocycles. The molecule has 8 rings (SSSR count). The highest BCUT2D eigenvalue weighted by Gasteiger charge is 2.59. The van der Waals surface area contributed by atoms with E-state index in [9.17, 15) is 19.8 Å². The fraction of sp³-hybridized carbons (Fsp3) is 0.759. The summed E-state index contributed by atoms with van der Waals surface area (Å²) >= 11 is 0. The van der Waals surface area contributed by atoms with E-state index < -0.39 is 0 Å². The van der Waals surface area contributed by atoms with Gasteiger partial charge in [0.1, 0.15) is 17.6 Å². The highest BCUT2D eigenvalue weighted by atomic mass is 16.5. The maximum absolute atomic E-state index is 12.9. The van der Waals surface area contributed by atoms with Crippen LogP contribution in [-0.2, 0) is 27.2 Å². The number of aliphatic hydroxyl groups excluding tert-OH is 1. The highest BCUT2D eigenvalue weighted by Crippen LogP contribution is 2.64. The number of ether oxygens (including phenoxy) is 2. The first-order valence-electron chi connectivity index (χ1n) is 27.1. The van der Waals surface area contributed by atoms with Crippen LogP contribution >= 0.6 is 0 Å². The summed E-state index contributed by atoms with van der Waals surface area (Å²) in [6, 6.07) is 12.5. The summed E-state index contributed by atoms with van der Waals surface area (Å²) < 4.78 is 12.2. The normalized spacial score (nSPS) is 32.4. The standard InChI is InChI=1S/C58H86O6/c1-4-5-6-7-8-12-16-19-22-55(62)64-53-32-31-51-49-27-23-41-38-44(26-30-46(41)47(49)33-35-57(51,53)2)63-54(61)21-18-15-13-10-9-11-14-17-20-42-39-52(60)58(3)36-34-48-45-29-25-43(59)37-40(45)24-28-50(48)56(42)58/h25-26,29-30,37-38,42,47-53,56,59-60H,4-24,27-28,31-36,39H2,1-3H3/t42?,47-,48-,49-,50-,51+,52?,53?,56+,57+,58-/m1/s1.